The van der Waals surface area contributed by atoms with Gasteiger partial charge in [0, 0.05) is 42.6 Å². The van der Waals surface area contributed by atoms with E-state index in [0.717, 1.165) is 28.2 Å². The lowest BCUT2D eigenvalue weighted by Gasteiger charge is -2.25. The summed E-state index contributed by atoms with van der Waals surface area (Å²) in [5.74, 6) is -3.99. The molecule has 0 aliphatic rings. The molecule has 0 fully saturated rings. The Labute approximate surface area is 199 Å². The molecular weight excluding hydrogens is 437 g/mol. The van der Waals surface area contributed by atoms with Gasteiger partial charge in [-0.1, -0.05) is 45.0 Å². The molecule has 0 bridgehead atoms. The van der Waals surface area contributed by atoms with Crippen LogP contribution in [0.3, 0.4) is 0 Å². The van der Waals surface area contributed by atoms with Gasteiger partial charge in [-0.25, -0.2) is 23.1 Å². The summed E-state index contributed by atoms with van der Waals surface area (Å²) in [6, 6.07) is 7.57. The Morgan fingerprint density at radius 3 is 2.32 bits per heavy atom. The predicted octanol–water partition coefficient (Wildman–Crippen LogP) is 7.35. The molecule has 2 atom stereocenters. The van der Waals surface area contributed by atoms with Gasteiger partial charge in [0.2, 0.25) is 0 Å². The summed E-state index contributed by atoms with van der Waals surface area (Å²) in [4.78, 5) is 11.2. The lowest BCUT2D eigenvalue weighted by molar-refractivity contribution is -0.0545. The second kappa shape index (κ2) is 9.65. The Balaban J connectivity index is 2.10. The van der Waals surface area contributed by atoms with Gasteiger partial charge in [-0.3, -0.25) is 0 Å². The molecule has 4 nitrogen and oxygen atoms in total. The highest BCUT2D eigenvalue weighted by molar-refractivity contribution is 5.93. The Bertz CT molecular complexity index is 1200. The second-order valence-electron chi connectivity index (χ2n) is 9.32. The van der Waals surface area contributed by atoms with Crippen molar-refractivity contribution in [3.63, 3.8) is 0 Å². The minimum absolute atomic E-state index is 0.117. The maximum absolute atomic E-state index is 15.3. The van der Waals surface area contributed by atoms with Crippen molar-refractivity contribution in [2.45, 2.75) is 52.5 Å². The van der Waals surface area contributed by atoms with E-state index in [1.54, 1.807) is 13.8 Å². The van der Waals surface area contributed by atoms with Crippen molar-refractivity contribution < 1.29 is 13.2 Å². The molecule has 182 valence electrons. The molecule has 2 aromatic carbocycles. The summed E-state index contributed by atoms with van der Waals surface area (Å²) in [7, 11) is 3.92. The Hall–Kier alpha value is -3.09. The minimum atomic E-state index is -3.27. The first-order valence-electron chi connectivity index (χ1n) is 11.4. The van der Waals surface area contributed by atoms with Gasteiger partial charge >= 0.3 is 0 Å². The summed E-state index contributed by atoms with van der Waals surface area (Å²) < 4.78 is 44.5. The Morgan fingerprint density at radius 1 is 1.06 bits per heavy atom. The van der Waals surface area contributed by atoms with Gasteiger partial charge in [-0.05, 0) is 31.5 Å². The topological polar surface area (TPSA) is 41.1 Å². The van der Waals surface area contributed by atoms with Crippen LogP contribution in [-0.2, 0) is 5.92 Å². The number of benzene rings is 2. The first-order valence-corrected chi connectivity index (χ1v) is 11.4. The fourth-order valence-electron chi connectivity index (χ4n) is 4.02. The molecule has 3 aromatic rings. The molecular formula is C27H33F3N4. The number of hydrogen-bond acceptors (Lipinski definition) is 4. The zero-order chi connectivity index (χ0) is 25.4. The third-order valence-electron chi connectivity index (χ3n) is 6.21. The van der Waals surface area contributed by atoms with Crippen molar-refractivity contribution in [3.8, 4) is 0 Å². The van der Waals surface area contributed by atoms with Gasteiger partial charge in [0.05, 0.1) is 17.1 Å². The van der Waals surface area contributed by atoms with Crippen molar-refractivity contribution in [1.82, 2.24) is 9.97 Å². The van der Waals surface area contributed by atoms with Crippen molar-refractivity contribution in [1.29, 1.82) is 0 Å². The molecule has 0 spiro atoms. The standard InChI is InChI=1S/C27H33F3N4/c1-9-16(4)20-13-23-21(14-24(20)34(7)8)26(33-18(6)32-23)31-17(5)19-11-10-12-22(25(19)28)27(29,30)15(2)3/h9-17H,1H2,2-8H3,(H,31,32,33)/t16?,17-/m1/s1. The summed E-state index contributed by atoms with van der Waals surface area (Å²) in [5.41, 5.74) is 2.39. The molecule has 0 saturated carbocycles. The lowest BCUT2D eigenvalue weighted by Crippen LogP contribution is -2.24. The lowest BCUT2D eigenvalue weighted by atomic mass is 9.94. The third kappa shape index (κ3) is 4.74. The van der Waals surface area contributed by atoms with Gasteiger partial charge in [0.1, 0.15) is 17.5 Å². The number of hydrogen-bond donors (Lipinski definition) is 1. The second-order valence-corrected chi connectivity index (χ2v) is 9.32. The van der Waals surface area contributed by atoms with Crippen LogP contribution in [0.25, 0.3) is 10.9 Å². The van der Waals surface area contributed by atoms with Crippen LogP contribution >= 0.6 is 0 Å². The minimum Gasteiger partial charge on any atom is -0.377 e. The van der Waals surface area contributed by atoms with E-state index in [0.29, 0.717) is 11.6 Å². The van der Waals surface area contributed by atoms with Gasteiger partial charge in [-0.2, -0.15) is 0 Å². The quantitative estimate of drug-likeness (QED) is 0.349. The first kappa shape index (κ1) is 25.5. The summed E-state index contributed by atoms with van der Waals surface area (Å²) in [6.45, 7) is 12.3. The van der Waals surface area contributed by atoms with Crippen molar-refractivity contribution >= 4 is 22.4 Å². The Morgan fingerprint density at radius 2 is 1.74 bits per heavy atom. The molecule has 1 N–H and O–H groups in total. The van der Waals surface area contributed by atoms with E-state index in [1.807, 2.05) is 37.2 Å². The van der Waals surface area contributed by atoms with Crippen LogP contribution in [0, 0.1) is 18.7 Å². The summed E-state index contributed by atoms with van der Waals surface area (Å²) in [5, 5.41) is 4.01. The van der Waals surface area contributed by atoms with E-state index < -0.39 is 29.3 Å². The highest BCUT2D eigenvalue weighted by atomic mass is 19.3. The number of alkyl halides is 2. The molecule has 1 aromatic heterocycles. The van der Waals surface area contributed by atoms with Crippen LogP contribution in [0.4, 0.5) is 24.7 Å². The zero-order valence-corrected chi connectivity index (χ0v) is 20.9. The van der Waals surface area contributed by atoms with E-state index in [4.69, 9.17) is 0 Å². The van der Waals surface area contributed by atoms with Crippen molar-refractivity contribution in [2.75, 3.05) is 24.3 Å². The molecule has 0 aliphatic heterocycles. The van der Waals surface area contributed by atoms with Crippen molar-refractivity contribution in [3.05, 3.63) is 71.3 Å². The molecule has 0 aliphatic carbocycles. The third-order valence-corrected chi connectivity index (χ3v) is 6.21. The fourth-order valence-corrected chi connectivity index (χ4v) is 4.02. The van der Waals surface area contributed by atoms with Crippen LogP contribution in [0.1, 0.15) is 62.2 Å². The molecule has 0 amide bonds. The highest BCUT2D eigenvalue weighted by Crippen LogP contribution is 2.39. The van der Waals surface area contributed by atoms with Gasteiger partial charge in [-0.15, -0.1) is 6.58 Å². The summed E-state index contributed by atoms with van der Waals surface area (Å²) >= 11 is 0. The van der Waals surface area contributed by atoms with E-state index in [2.05, 4.69) is 28.8 Å². The van der Waals surface area contributed by atoms with Gasteiger partial charge in [0.25, 0.3) is 5.92 Å². The molecule has 34 heavy (non-hydrogen) atoms. The smallest absolute Gasteiger partial charge is 0.278 e. The van der Waals surface area contributed by atoms with E-state index in [-0.39, 0.29) is 11.5 Å². The number of allylic oxidation sites excluding steroid dienone is 1. The van der Waals surface area contributed by atoms with Crippen LogP contribution in [0.2, 0.25) is 0 Å². The normalized spacial score (nSPS) is 13.7. The maximum Gasteiger partial charge on any atom is 0.278 e. The molecule has 7 heteroatoms. The highest BCUT2D eigenvalue weighted by Gasteiger charge is 2.39. The van der Waals surface area contributed by atoms with Gasteiger partial charge < -0.3 is 10.2 Å². The summed E-state index contributed by atoms with van der Waals surface area (Å²) in [6.07, 6.45) is 1.88. The van der Waals surface area contributed by atoms with E-state index in [1.165, 1.54) is 26.0 Å². The average molecular weight is 471 g/mol. The van der Waals surface area contributed by atoms with Crippen molar-refractivity contribution in [2.24, 2.45) is 5.92 Å². The largest absolute Gasteiger partial charge is 0.377 e. The SMILES string of the molecule is C=CC(C)c1cc2nc(C)nc(N[C@H](C)c3cccc(C(F)(F)C(C)C)c3F)c2cc1N(C)C. The van der Waals surface area contributed by atoms with Crippen LogP contribution < -0.4 is 10.2 Å². The number of aryl methyl sites for hydroxylation is 1. The zero-order valence-electron chi connectivity index (χ0n) is 20.9. The van der Waals surface area contributed by atoms with Gasteiger partial charge in [0.15, 0.2) is 0 Å². The number of aromatic nitrogens is 2. The monoisotopic (exact) mass is 470 g/mol. The number of anilines is 2. The van der Waals surface area contributed by atoms with Crippen LogP contribution in [0.15, 0.2) is 43.0 Å². The maximum atomic E-state index is 15.3. The molecule has 1 unspecified atom stereocenters. The molecule has 0 saturated heterocycles. The van der Waals surface area contributed by atoms with E-state index >= 15 is 4.39 Å². The number of nitrogens with zero attached hydrogens (tertiary/aromatic N) is 3. The number of halogens is 3. The molecule has 3 rings (SSSR count). The van der Waals surface area contributed by atoms with Crippen LogP contribution in [-0.4, -0.2) is 24.1 Å². The van der Waals surface area contributed by atoms with Crippen LogP contribution in [0.5, 0.6) is 0 Å². The van der Waals surface area contributed by atoms with E-state index in [9.17, 15) is 8.78 Å². The first-order chi connectivity index (χ1) is 15.9. The fraction of sp³-hybridized carbons (Fsp3) is 0.407. The molecule has 1 heterocycles. The number of nitrogens with one attached hydrogen (secondary N) is 1. The number of rotatable bonds is 8. The molecule has 0 radical (unpaired) electrons. The average Bonchev–Trinajstić information content (AvgIpc) is 2.77. The Kier molecular flexibility index (Phi) is 7.24. The predicted molar refractivity (Wildman–Crippen MR) is 134 cm³/mol. The number of fused-ring (bicyclic) bond motifs is 1.